The Bertz CT molecular complexity index is 373. The molecular weight excluding hydrogens is 210 g/mol. The standard InChI is InChI=1S/C15H23NO/c1-15(2)9-8-14(16-10-5-11-17)12-6-3-4-7-13(12)15/h3-4,6-7,14,16-17H,5,8-11H2,1-2H3. The highest BCUT2D eigenvalue weighted by Crippen LogP contribution is 2.41. The van der Waals surface area contributed by atoms with E-state index in [0.29, 0.717) is 11.5 Å². The van der Waals surface area contributed by atoms with Gasteiger partial charge in [0.1, 0.15) is 0 Å². The van der Waals surface area contributed by atoms with Gasteiger partial charge in [0, 0.05) is 12.6 Å². The zero-order valence-electron chi connectivity index (χ0n) is 10.9. The summed E-state index contributed by atoms with van der Waals surface area (Å²) in [7, 11) is 0. The third-order valence-corrected chi connectivity index (χ3v) is 3.85. The molecule has 2 rings (SSSR count). The minimum absolute atomic E-state index is 0.271. The number of rotatable bonds is 4. The van der Waals surface area contributed by atoms with Crippen molar-refractivity contribution in [3.05, 3.63) is 35.4 Å². The third-order valence-electron chi connectivity index (χ3n) is 3.85. The predicted octanol–water partition coefficient (Wildman–Crippen LogP) is 2.77. The minimum Gasteiger partial charge on any atom is -0.396 e. The van der Waals surface area contributed by atoms with Gasteiger partial charge in [-0.25, -0.2) is 0 Å². The van der Waals surface area contributed by atoms with Crippen LogP contribution in [0.5, 0.6) is 0 Å². The molecule has 2 N–H and O–H groups in total. The van der Waals surface area contributed by atoms with E-state index in [1.807, 2.05) is 0 Å². The Balaban J connectivity index is 2.17. The van der Waals surface area contributed by atoms with E-state index in [2.05, 4.69) is 43.4 Å². The Kier molecular flexibility index (Phi) is 3.85. The molecule has 0 aliphatic heterocycles. The largest absolute Gasteiger partial charge is 0.396 e. The Morgan fingerprint density at radius 1 is 1.35 bits per heavy atom. The van der Waals surface area contributed by atoms with E-state index in [-0.39, 0.29) is 6.61 Å². The van der Waals surface area contributed by atoms with Crippen LogP contribution < -0.4 is 5.32 Å². The van der Waals surface area contributed by atoms with Crippen LogP contribution in [0.3, 0.4) is 0 Å². The van der Waals surface area contributed by atoms with Gasteiger partial charge in [0.05, 0.1) is 0 Å². The Morgan fingerprint density at radius 2 is 2.12 bits per heavy atom. The lowest BCUT2D eigenvalue weighted by atomic mass is 9.71. The highest BCUT2D eigenvalue weighted by Gasteiger charge is 2.31. The highest BCUT2D eigenvalue weighted by atomic mass is 16.3. The number of fused-ring (bicyclic) bond motifs is 1. The number of aliphatic hydroxyl groups is 1. The van der Waals surface area contributed by atoms with Crippen molar-refractivity contribution in [2.45, 2.75) is 44.6 Å². The molecule has 1 aromatic rings. The smallest absolute Gasteiger partial charge is 0.0443 e. The average molecular weight is 233 g/mol. The zero-order chi connectivity index (χ0) is 12.3. The second-order valence-electron chi connectivity index (χ2n) is 5.59. The third kappa shape index (κ3) is 2.70. The second-order valence-corrected chi connectivity index (χ2v) is 5.59. The molecule has 0 amide bonds. The van der Waals surface area contributed by atoms with Crippen molar-refractivity contribution in [2.24, 2.45) is 0 Å². The molecule has 1 atom stereocenters. The maximum absolute atomic E-state index is 8.83. The SMILES string of the molecule is CC1(C)CCC(NCCCO)c2ccccc21. The quantitative estimate of drug-likeness (QED) is 0.784. The summed E-state index contributed by atoms with van der Waals surface area (Å²) in [6, 6.07) is 9.23. The van der Waals surface area contributed by atoms with Crippen molar-refractivity contribution in [1.82, 2.24) is 5.32 Å². The van der Waals surface area contributed by atoms with E-state index in [1.165, 1.54) is 24.0 Å². The number of aliphatic hydroxyl groups excluding tert-OH is 1. The lowest BCUT2D eigenvalue weighted by Gasteiger charge is -2.37. The summed E-state index contributed by atoms with van der Waals surface area (Å²) < 4.78 is 0. The van der Waals surface area contributed by atoms with Crippen LogP contribution in [0.25, 0.3) is 0 Å². The molecule has 0 radical (unpaired) electrons. The first kappa shape index (κ1) is 12.6. The average Bonchev–Trinajstić information content (AvgIpc) is 2.33. The number of hydrogen-bond donors (Lipinski definition) is 2. The van der Waals surface area contributed by atoms with E-state index >= 15 is 0 Å². The molecule has 1 aromatic carbocycles. The van der Waals surface area contributed by atoms with Gasteiger partial charge < -0.3 is 10.4 Å². The minimum atomic E-state index is 0.271. The van der Waals surface area contributed by atoms with Crippen LogP contribution in [-0.2, 0) is 5.41 Å². The molecule has 94 valence electrons. The molecule has 0 aromatic heterocycles. The van der Waals surface area contributed by atoms with E-state index in [0.717, 1.165) is 13.0 Å². The van der Waals surface area contributed by atoms with Gasteiger partial charge >= 0.3 is 0 Å². The maximum atomic E-state index is 8.83. The van der Waals surface area contributed by atoms with Crippen molar-refractivity contribution < 1.29 is 5.11 Å². The summed E-state index contributed by atoms with van der Waals surface area (Å²) >= 11 is 0. The topological polar surface area (TPSA) is 32.3 Å². The molecule has 0 bridgehead atoms. The number of hydrogen-bond acceptors (Lipinski definition) is 2. The van der Waals surface area contributed by atoms with Crippen LogP contribution in [0.15, 0.2) is 24.3 Å². The summed E-state index contributed by atoms with van der Waals surface area (Å²) in [5.41, 5.74) is 3.22. The molecule has 2 nitrogen and oxygen atoms in total. The monoisotopic (exact) mass is 233 g/mol. The lowest BCUT2D eigenvalue weighted by molar-refractivity contribution is 0.278. The fraction of sp³-hybridized carbons (Fsp3) is 0.600. The lowest BCUT2D eigenvalue weighted by Crippen LogP contribution is -2.33. The fourth-order valence-electron chi connectivity index (χ4n) is 2.78. The van der Waals surface area contributed by atoms with Crippen LogP contribution in [0.4, 0.5) is 0 Å². The van der Waals surface area contributed by atoms with Gasteiger partial charge in [-0.15, -0.1) is 0 Å². The van der Waals surface area contributed by atoms with Gasteiger partial charge in [0.15, 0.2) is 0 Å². The van der Waals surface area contributed by atoms with Gasteiger partial charge in [-0.05, 0) is 42.3 Å². The van der Waals surface area contributed by atoms with E-state index < -0.39 is 0 Å². The zero-order valence-corrected chi connectivity index (χ0v) is 10.9. The first-order valence-electron chi connectivity index (χ1n) is 6.59. The molecule has 0 saturated heterocycles. The first-order chi connectivity index (χ1) is 8.15. The molecule has 2 heteroatoms. The van der Waals surface area contributed by atoms with Crippen molar-refractivity contribution in [1.29, 1.82) is 0 Å². The fourth-order valence-corrected chi connectivity index (χ4v) is 2.78. The van der Waals surface area contributed by atoms with E-state index in [4.69, 9.17) is 5.11 Å². The van der Waals surface area contributed by atoms with Crippen LogP contribution in [0, 0.1) is 0 Å². The molecular formula is C15H23NO. The van der Waals surface area contributed by atoms with Crippen LogP contribution in [0.2, 0.25) is 0 Å². The molecule has 17 heavy (non-hydrogen) atoms. The second kappa shape index (κ2) is 5.19. The normalized spacial score (nSPS) is 22.2. The van der Waals surface area contributed by atoms with Gasteiger partial charge in [-0.2, -0.15) is 0 Å². The molecule has 1 aliphatic rings. The molecule has 1 aliphatic carbocycles. The van der Waals surface area contributed by atoms with Crippen molar-refractivity contribution >= 4 is 0 Å². The summed E-state index contributed by atoms with van der Waals surface area (Å²) in [6.45, 7) is 5.83. The van der Waals surface area contributed by atoms with Crippen LogP contribution >= 0.6 is 0 Å². The Hall–Kier alpha value is -0.860. The number of nitrogens with one attached hydrogen (secondary N) is 1. The van der Waals surface area contributed by atoms with Crippen LogP contribution in [-0.4, -0.2) is 18.3 Å². The summed E-state index contributed by atoms with van der Waals surface area (Å²) in [5.74, 6) is 0. The Labute approximate surface area is 104 Å². The maximum Gasteiger partial charge on any atom is 0.0443 e. The van der Waals surface area contributed by atoms with Crippen LogP contribution in [0.1, 0.15) is 50.3 Å². The van der Waals surface area contributed by atoms with Gasteiger partial charge in [0.25, 0.3) is 0 Å². The van der Waals surface area contributed by atoms with Gasteiger partial charge in [0.2, 0.25) is 0 Å². The van der Waals surface area contributed by atoms with Crippen molar-refractivity contribution in [3.8, 4) is 0 Å². The highest BCUT2D eigenvalue weighted by molar-refractivity contribution is 5.38. The van der Waals surface area contributed by atoms with Gasteiger partial charge in [-0.3, -0.25) is 0 Å². The first-order valence-corrected chi connectivity index (χ1v) is 6.59. The van der Waals surface area contributed by atoms with E-state index in [1.54, 1.807) is 0 Å². The summed E-state index contributed by atoms with van der Waals surface area (Å²) in [5, 5.41) is 12.4. The van der Waals surface area contributed by atoms with E-state index in [9.17, 15) is 0 Å². The van der Waals surface area contributed by atoms with Gasteiger partial charge in [-0.1, -0.05) is 38.1 Å². The van der Waals surface area contributed by atoms with Crippen molar-refractivity contribution in [3.63, 3.8) is 0 Å². The van der Waals surface area contributed by atoms with Crippen molar-refractivity contribution in [2.75, 3.05) is 13.2 Å². The molecule has 0 fully saturated rings. The summed E-state index contributed by atoms with van der Waals surface area (Å²) in [6.07, 6.45) is 3.25. The Morgan fingerprint density at radius 3 is 2.88 bits per heavy atom. The predicted molar refractivity (Wildman–Crippen MR) is 71.1 cm³/mol. The molecule has 1 unspecified atom stereocenters. The number of benzene rings is 1. The molecule has 0 saturated carbocycles. The summed E-state index contributed by atoms with van der Waals surface area (Å²) in [4.78, 5) is 0. The molecule has 0 heterocycles. The molecule has 0 spiro atoms.